The van der Waals surface area contributed by atoms with Crippen LogP contribution in [0.15, 0.2) is 58.9 Å². The van der Waals surface area contributed by atoms with Gasteiger partial charge in [-0.15, -0.1) is 11.3 Å². The normalized spacial score (nSPS) is 13.7. The first kappa shape index (κ1) is 22.3. The Morgan fingerprint density at radius 3 is 2.50 bits per heavy atom. The molecule has 1 N–H and O–H groups in total. The van der Waals surface area contributed by atoms with E-state index < -0.39 is 10.0 Å². The molecule has 0 aliphatic carbocycles. The lowest BCUT2D eigenvalue weighted by atomic mass is 9.87. The lowest BCUT2D eigenvalue weighted by Crippen LogP contribution is -2.30. The third-order valence-electron chi connectivity index (χ3n) is 5.30. The molecule has 1 aliphatic rings. The van der Waals surface area contributed by atoms with Gasteiger partial charge in [0, 0.05) is 24.7 Å². The number of carbonyl (C=O) groups is 1. The Morgan fingerprint density at radius 1 is 1.12 bits per heavy atom. The van der Waals surface area contributed by atoms with Crippen molar-refractivity contribution in [3.63, 3.8) is 0 Å². The summed E-state index contributed by atoms with van der Waals surface area (Å²) in [5.74, 6) is 0.496. The van der Waals surface area contributed by atoms with Crippen LogP contribution in [0.4, 0.5) is 5.13 Å². The number of hydrogen-bond donors (Lipinski definition) is 1. The molecule has 0 bridgehead atoms. The molecule has 0 radical (unpaired) electrons. The number of rotatable bonds is 6. The number of anilines is 1. The third-order valence-corrected chi connectivity index (χ3v) is 7.45. The topological polar surface area (TPSA) is 88.6 Å². The highest BCUT2D eigenvalue weighted by atomic mass is 32.2. The number of fused-ring (bicyclic) bond motifs is 1. The fourth-order valence-electron chi connectivity index (χ4n) is 3.45. The zero-order chi connectivity index (χ0) is 22.9. The molecule has 0 unspecified atom stereocenters. The van der Waals surface area contributed by atoms with Crippen molar-refractivity contribution in [2.75, 3.05) is 11.3 Å². The zero-order valence-corrected chi connectivity index (χ0v) is 19.8. The van der Waals surface area contributed by atoms with E-state index in [1.54, 1.807) is 28.5 Å². The summed E-state index contributed by atoms with van der Waals surface area (Å²) in [6.07, 6.45) is 1.54. The van der Waals surface area contributed by atoms with E-state index in [2.05, 4.69) is 30.5 Å². The summed E-state index contributed by atoms with van der Waals surface area (Å²) in [5.41, 5.74) is 3.00. The highest BCUT2D eigenvalue weighted by Crippen LogP contribution is 2.28. The van der Waals surface area contributed by atoms with Crippen molar-refractivity contribution in [3.05, 3.63) is 70.7 Å². The van der Waals surface area contributed by atoms with Crippen LogP contribution >= 0.6 is 11.3 Å². The van der Waals surface area contributed by atoms with Crippen LogP contribution in [0.25, 0.3) is 0 Å². The van der Waals surface area contributed by atoms with Crippen LogP contribution in [0, 0.1) is 0 Å². The van der Waals surface area contributed by atoms with E-state index >= 15 is 0 Å². The molecule has 2 heterocycles. The van der Waals surface area contributed by atoms with E-state index in [0.717, 1.165) is 11.1 Å². The molecule has 0 saturated carbocycles. The maximum Gasteiger partial charge on any atom is 0.263 e. The quantitative estimate of drug-likeness (QED) is 0.583. The molecule has 1 amide bonds. The zero-order valence-electron chi connectivity index (χ0n) is 18.2. The second kappa shape index (κ2) is 8.55. The highest BCUT2D eigenvalue weighted by molar-refractivity contribution is 7.93. The summed E-state index contributed by atoms with van der Waals surface area (Å²) in [7, 11) is -3.73. The van der Waals surface area contributed by atoms with Crippen molar-refractivity contribution in [2.45, 2.75) is 44.2 Å². The van der Waals surface area contributed by atoms with Crippen LogP contribution in [0.5, 0.6) is 5.75 Å². The first-order valence-corrected chi connectivity index (χ1v) is 12.5. The van der Waals surface area contributed by atoms with E-state index in [1.165, 1.54) is 23.1 Å². The Balaban J connectivity index is 1.38. The number of thiazole rings is 1. The fraction of sp³-hybridized carbons (Fsp3) is 0.304. The first-order chi connectivity index (χ1) is 15.1. The lowest BCUT2D eigenvalue weighted by Gasteiger charge is -2.19. The molecule has 9 heteroatoms. The first-order valence-electron chi connectivity index (χ1n) is 10.2. The van der Waals surface area contributed by atoms with Gasteiger partial charge in [0.1, 0.15) is 5.75 Å². The maximum absolute atomic E-state index is 12.7. The molecule has 2 aromatic carbocycles. The van der Waals surface area contributed by atoms with Gasteiger partial charge in [-0.25, -0.2) is 13.4 Å². The number of hydrogen-bond acceptors (Lipinski definition) is 6. The smallest absolute Gasteiger partial charge is 0.263 e. The molecule has 1 aromatic heterocycles. The average molecular weight is 472 g/mol. The number of carbonyl (C=O) groups excluding carboxylic acids is 1. The lowest BCUT2D eigenvalue weighted by molar-refractivity contribution is -0.134. The minimum Gasteiger partial charge on any atom is -0.484 e. The van der Waals surface area contributed by atoms with Crippen LogP contribution in [-0.2, 0) is 33.3 Å². The largest absolute Gasteiger partial charge is 0.484 e. The molecule has 0 fully saturated rings. The molecule has 0 atom stereocenters. The van der Waals surface area contributed by atoms with Crippen LogP contribution in [-0.4, -0.2) is 30.8 Å². The van der Waals surface area contributed by atoms with Gasteiger partial charge in [-0.2, -0.15) is 0 Å². The molecular formula is C23H25N3O4S2. The highest BCUT2D eigenvalue weighted by Gasteiger charge is 2.26. The van der Waals surface area contributed by atoms with Gasteiger partial charge in [0.05, 0.1) is 4.90 Å². The maximum atomic E-state index is 12.7. The van der Waals surface area contributed by atoms with Gasteiger partial charge in [-0.05, 0) is 46.4 Å². The van der Waals surface area contributed by atoms with Gasteiger partial charge in [0.25, 0.3) is 15.9 Å². The van der Waals surface area contributed by atoms with Crippen molar-refractivity contribution in [1.29, 1.82) is 0 Å². The number of nitrogens with zero attached hydrogens (tertiary/aromatic N) is 2. The minimum atomic E-state index is -3.73. The van der Waals surface area contributed by atoms with Gasteiger partial charge in [-0.3, -0.25) is 9.52 Å². The molecule has 168 valence electrons. The Labute approximate surface area is 192 Å². The van der Waals surface area contributed by atoms with Crippen LogP contribution in [0.2, 0.25) is 0 Å². The van der Waals surface area contributed by atoms with Crippen molar-refractivity contribution in [2.24, 2.45) is 0 Å². The Hall–Kier alpha value is -2.91. The third kappa shape index (κ3) is 4.94. The predicted molar refractivity (Wildman–Crippen MR) is 124 cm³/mol. The average Bonchev–Trinajstić information content (AvgIpc) is 3.40. The van der Waals surface area contributed by atoms with E-state index in [-0.39, 0.29) is 22.8 Å². The van der Waals surface area contributed by atoms with Crippen molar-refractivity contribution in [3.8, 4) is 5.75 Å². The predicted octanol–water partition coefficient (Wildman–Crippen LogP) is 4.16. The summed E-state index contributed by atoms with van der Waals surface area (Å²) >= 11 is 1.21. The van der Waals surface area contributed by atoms with Gasteiger partial charge < -0.3 is 9.64 Å². The fourth-order valence-corrected chi connectivity index (χ4v) is 5.29. The molecule has 32 heavy (non-hydrogen) atoms. The van der Waals surface area contributed by atoms with Gasteiger partial charge in [-0.1, -0.05) is 39.0 Å². The number of amides is 1. The molecule has 1 aliphatic heterocycles. The Bertz CT molecular complexity index is 1220. The SMILES string of the molecule is CC(C)(C)c1ccc(OCC(=O)N2Cc3ccc(S(=O)(=O)Nc4nccs4)cc3C2)cc1. The minimum absolute atomic E-state index is 0.0534. The molecule has 3 aromatic rings. The summed E-state index contributed by atoms with van der Waals surface area (Å²) in [5, 5.41) is 2.01. The van der Waals surface area contributed by atoms with E-state index in [1.807, 2.05) is 24.3 Å². The van der Waals surface area contributed by atoms with Crippen LogP contribution < -0.4 is 9.46 Å². The van der Waals surface area contributed by atoms with Gasteiger partial charge in [0.2, 0.25) is 0 Å². The van der Waals surface area contributed by atoms with Crippen molar-refractivity contribution < 1.29 is 17.9 Å². The summed E-state index contributed by atoms with van der Waals surface area (Å²) in [4.78, 5) is 18.4. The van der Waals surface area contributed by atoms with Gasteiger partial charge >= 0.3 is 0 Å². The number of benzene rings is 2. The van der Waals surface area contributed by atoms with E-state index in [4.69, 9.17) is 4.74 Å². The van der Waals surface area contributed by atoms with Crippen LogP contribution in [0.1, 0.15) is 37.5 Å². The molecule has 0 spiro atoms. The standard InChI is InChI=1S/C23H25N3O4S2/c1-23(2,3)18-5-7-19(8-6-18)30-15-21(27)26-13-16-4-9-20(12-17(16)14-26)32(28,29)25-22-24-10-11-31-22/h4-12H,13-15H2,1-3H3,(H,24,25). The summed E-state index contributed by atoms with van der Waals surface area (Å²) in [6, 6.07) is 12.7. The second-order valence-electron chi connectivity index (χ2n) is 8.69. The second-order valence-corrected chi connectivity index (χ2v) is 11.3. The number of ether oxygens (including phenoxy) is 1. The van der Waals surface area contributed by atoms with Gasteiger partial charge in [0.15, 0.2) is 11.7 Å². The van der Waals surface area contributed by atoms with E-state index in [0.29, 0.717) is 24.0 Å². The molecule has 0 saturated heterocycles. The Kier molecular flexibility index (Phi) is 5.96. The van der Waals surface area contributed by atoms with E-state index in [9.17, 15) is 13.2 Å². The molecule has 7 nitrogen and oxygen atoms in total. The Morgan fingerprint density at radius 2 is 1.84 bits per heavy atom. The van der Waals surface area contributed by atoms with Crippen LogP contribution in [0.3, 0.4) is 0 Å². The van der Waals surface area contributed by atoms with Crippen molar-refractivity contribution >= 4 is 32.4 Å². The summed E-state index contributed by atoms with van der Waals surface area (Å²) in [6.45, 7) is 7.14. The number of sulfonamides is 1. The van der Waals surface area contributed by atoms with Crippen molar-refractivity contribution in [1.82, 2.24) is 9.88 Å². The number of nitrogens with one attached hydrogen (secondary N) is 1. The molecule has 4 rings (SSSR count). The monoisotopic (exact) mass is 471 g/mol. The number of aromatic nitrogens is 1. The molecular weight excluding hydrogens is 446 g/mol. The summed E-state index contributed by atoms with van der Waals surface area (Å²) < 4.78 is 33.4.